The summed E-state index contributed by atoms with van der Waals surface area (Å²) in [6.45, 7) is 10.5. The van der Waals surface area contributed by atoms with Crippen LogP contribution in [0.3, 0.4) is 0 Å². The average molecular weight is 280 g/mol. The van der Waals surface area contributed by atoms with Gasteiger partial charge in [0.2, 0.25) is 0 Å². The fraction of sp³-hybridized carbons (Fsp3) is 0.625. The van der Waals surface area contributed by atoms with E-state index < -0.39 is 0 Å². The maximum absolute atomic E-state index is 14.0. The Morgan fingerprint density at radius 3 is 2.45 bits per heavy atom. The first-order valence-electron chi connectivity index (χ1n) is 7.22. The van der Waals surface area contributed by atoms with Crippen molar-refractivity contribution in [1.82, 2.24) is 10.2 Å². The van der Waals surface area contributed by atoms with Crippen molar-refractivity contribution in [3.63, 3.8) is 0 Å². The quantitative estimate of drug-likeness (QED) is 0.921. The van der Waals surface area contributed by atoms with Crippen molar-refractivity contribution in [1.29, 1.82) is 0 Å². The number of nitrogens with zero attached hydrogens (tertiary/aromatic N) is 1. The molecule has 0 radical (unpaired) electrons. The number of benzene rings is 1. The third-order valence-corrected chi connectivity index (χ3v) is 3.83. The maximum Gasteiger partial charge on any atom is 0.165 e. The number of ether oxygens (including phenoxy) is 1. The Balaban J connectivity index is 2.43. The Kier molecular flexibility index (Phi) is 4.66. The van der Waals surface area contributed by atoms with Gasteiger partial charge in [-0.15, -0.1) is 0 Å². The molecule has 0 saturated carbocycles. The van der Waals surface area contributed by atoms with Gasteiger partial charge in [0.15, 0.2) is 11.6 Å². The monoisotopic (exact) mass is 280 g/mol. The van der Waals surface area contributed by atoms with Crippen molar-refractivity contribution >= 4 is 0 Å². The van der Waals surface area contributed by atoms with Crippen molar-refractivity contribution < 1.29 is 9.13 Å². The first-order chi connectivity index (χ1) is 9.45. The maximum atomic E-state index is 14.0. The largest absolute Gasteiger partial charge is 0.493 e. The topological polar surface area (TPSA) is 24.5 Å². The molecule has 1 fully saturated rings. The van der Waals surface area contributed by atoms with E-state index >= 15 is 0 Å². The van der Waals surface area contributed by atoms with E-state index in [1.165, 1.54) is 6.07 Å². The molecule has 1 aromatic rings. The number of nitrogens with one attached hydrogen (secondary N) is 1. The van der Waals surface area contributed by atoms with Crippen molar-refractivity contribution in [2.45, 2.75) is 26.8 Å². The summed E-state index contributed by atoms with van der Waals surface area (Å²) in [6, 6.07) is 5.36. The number of piperazine rings is 1. The van der Waals surface area contributed by atoms with Gasteiger partial charge in [-0.2, -0.15) is 0 Å². The van der Waals surface area contributed by atoms with Crippen LogP contribution in [0.4, 0.5) is 4.39 Å². The van der Waals surface area contributed by atoms with E-state index in [9.17, 15) is 4.39 Å². The Hall–Kier alpha value is -1.13. The molecule has 1 atom stereocenters. The van der Waals surface area contributed by atoms with Crippen LogP contribution in [-0.2, 0) is 0 Å². The summed E-state index contributed by atoms with van der Waals surface area (Å²) in [5.74, 6) is 0.0975. The highest BCUT2D eigenvalue weighted by molar-refractivity contribution is 5.38. The highest BCUT2D eigenvalue weighted by atomic mass is 19.1. The summed E-state index contributed by atoms with van der Waals surface area (Å²) in [7, 11) is 1.54. The second kappa shape index (κ2) is 6.10. The first-order valence-corrected chi connectivity index (χ1v) is 7.22. The Morgan fingerprint density at radius 1 is 1.25 bits per heavy atom. The SMILES string of the molecule is COc1c(F)cccc1[C@@H](N1CCNCC1)C(C)(C)C. The number of halogens is 1. The standard InChI is InChI=1S/C16H25FN2O/c1-16(2,3)15(19-10-8-18-9-11-19)12-6-5-7-13(17)14(12)20-4/h5-7,15,18H,8-11H2,1-4H3/t15-/m1/s1. The molecule has 2 rings (SSSR count). The highest BCUT2D eigenvalue weighted by Crippen LogP contribution is 2.42. The van der Waals surface area contributed by atoms with E-state index in [1.807, 2.05) is 6.07 Å². The number of hydrogen-bond donors (Lipinski definition) is 1. The number of rotatable bonds is 3. The molecule has 3 nitrogen and oxygen atoms in total. The van der Waals surface area contributed by atoms with Gasteiger partial charge < -0.3 is 10.1 Å². The second-order valence-electron chi connectivity index (χ2n) is 6.42. The van der Waals surface area contributed by atoms with Gasteiger partial charge in [-0.05, 0) is 11.5 Å². The van der Waals surface area contributed by atoms with Crippen LogP contribution in [0.25, 0.3) is 0 Å². The van der Waals surface area contributed by atoms with Gasteiger partial charge >= 0.3 is 0 Å². The lowest BCUT2D eigenvalue weighted by atomic mass is 9.80. The molecule has 1 aliphatic rings. The molecule has 0 spiro atoms. The minimum absolute atomic E-state index is 0.0123. The van der Waals surface area contributed by atoms with E-state index in [1.54, 1.807) is 13.2 Å². The molecule has 1 N–H and O–H groups in total. The third-order valence-electron chi connectivity index (χ3n) is 3.83. The van der Waals surface area contributed by atoms with Gasteiger partial charge in [0, 0.05) is 37.8 Å². The predicted molar refractivity (Wildman–Crippen MR) is 79.6 cm³/mol. The average Bonchev–Trinajstić information content (AvgIpc) is 2.39. The minimum atomic E-state index is -0.283. The normalized spacial score (nSPS) is 18.9. The Morgan fingerprint density at radius 2 is 1.90 bits per heavy atom. The lowest BCUT2D eigenvalue weighted by Gasteiger charge is -2.43. The van der Waals surface area contributed by atoms with Gasteiger partial charge in [0.1, 0.15) is 0 Å². The fourth-order valence-corrected chi connectivity index (χ4v) is 3.11. The molecular formula is C16H25FN2O. The van der Waals surface area contributed by atoms with E-state index in [0.29, 0.717) is 5.75 Å². The van der Waals surface area contributed by atoms with Crippen molar-refractivity contribution in [3.8, 4) is 5.75 Å². The van der Waals surface area contributed by atoms with Gasteiger partial charge in [-0.3, -0.25) is 4.90 Å². The molecule has 112 valence electrons. The summed E-state index contributed by atoms with van der Waals surface area (Å²) < 4.78 is 19.3. The van der Waals surface area contributed by atoms with E-state index in [2.05, 4.69) is 31.0 Å². The van der Waals surface area contributed by atoms with Crippen LogP contribution in [0, 0.1) is 11.2 Å². The highest BCUT2D eigenvalue weighted by Gasteiger charge is 2.35. The molecule has 1 aliphatic heterocycles. The molecule has 4 heteroatoms. The van der Waals surface area contributed by atoms with Crippen LogP contribution in [0.5, 0.6) is 5.75 Å². The van der Waals surface area contributed by atoms with E-state index in [-0.39, 0.29) is 17.3 Å². The zero-order chi connectivity index (χ0) is 14.8. The van der Waals surface area contributed by atoms with Crippen LogP contribution in [-0.4, -0.2) is 38.2 Å². The summed E-state index contributed by atoms with van der Waals surface area (Å²) >= 11 is 0. The van der Waals surface area contributed by atoms with E-state index in [4.69, 9.17) is 4.74 Å². The van der Waals surface area contributed by atoms with Crippen LogP contribution in [0.15, 0.2) is 18.2 Å². The summed E-state index contributed by atoms with van der Waals surface area (Å²) in [4.78, 5) is 2.42. The van der Waals surface area contributed by atoms with Gasteiger partial charge in [0.05, 0.1) is 7.11 Å². The van der Waals surface area contributed by atoms with Crippen molar-refractivity contribution in [2.24, 2.45) is 5.41 Å². The zero-order valence-electron chi connectivity index (χ0n) is 12.9. The van der Waals surface area contributed by atoms with Gasteiger partial charge in [-0.25, -0.2) is 4.39 Å². The molecule has 20 heavy (non-hydrogen) atoms. The smallest absolute Gasteiger partial charge is 0.165 e. The Labute approximate surface area is 121 Å². The fourth-order valence-electron chi connectivity index (χ4n) is 3.11. The molecule has 1 heterocycles. The molecule has 0 bridgehead atoms. The van der Waals surface area contributed by atoms with Crippen molar-refractivity contribution in [2.75, 3.05) is 33.3 Å². The number of methoxy groups -OCH3 is 1. The summed E-state index contributed by atoms with van der Waals surface area (Å²) in [5, 5.41) is 3.37. The van der Waals surface area contributed by atoms with Gasteiger partial charge in [-0.1, -0.05) is 32.9 Å². The molecule has 1 saturated heterocycles. The zero-order valence-corrected chi connectivity index (χ0v) is 12.9. The molecule has 0 unspecified atom stereocenters. The van der Waals surface area contributed by atoms with Crippen LogP contribution in [0.1, 0.15) is 32.4 Å². The lowest BCUT2D eigenvalue weighted by molar-refractivity contribution is 0.0837. The summed E-state index contributed by atoms with van der Waals surface area (Å²) in [6.07, 6.45) is 0. The summed E-state index contributed by atoms with van der Waals surface area (Å²) in [5.41, 5.74) is 0.959. The number of para-hydroxylation sites is 1. The minimum Gasteiger partial charge on any atom is -0.493 e. The Bertz CT molecular complexity index is 450. The van der Waals surface area contributed by atoms with Crippen LogP contribution < -0.4 is 10.1 Å². The molecular weight excluding hydrogens is 255 g/mol. The van der Waals surface area contributed by atoms with Crippen molar-refractivity contribution in [3.05, 3.63) is 29.6 Å². The molecule has 0 amide bonds. The molecule has 1 aromatic carbocycles. The van der Waals surface area contributed by atoms with E-state index in [0.717, 1.165) is 31.7 Å². The predicted octanol–water partition coefficient (Wildman–Crippen LogP) is 2.83. The van der Waals surface area contributed by atoms with Crippen LogP contribution in [0.2, 0.25) is 0 Å². The second-order valence-corrected chi connectivity index (χ2v) is 6.42. The lowest BCUT2D eigenvalue weighted by Crippen LogP contribution is -2.48. The third kappa shape index (κ3) is 3.13. The van der Waals surface area contributed by atoms with Gasteiger partial charge in [0.25, 0.3) is 0 Å². The van der Waals surface area contributed by atoms with Crippen LogP contribution >= 0.6 is 0 Å². The molecule has 0 aromatic heterocycles. The molecule has 0 aliphatic carbocycles. The number of hydrogen-bond acceptors (Lipinski definition) is 3. The first kappa shape index (κ1) is 15.3.